The molecule has 1 unspecified atom stereocenters. The minimum Gasteiger partial charge on any atom is -0.487 e. The molecule has 5 rings (SSSR count). The summed E-state index contributed by atoms with van der Waals surface area (Å²) < 4.78 is 12.5. The van der Waals surface area contributed by atoms with E-state index in [-0.39, 0.29) is 18.4 Å². The Balaban J connectivity index is 1.28. The number of hydrogen-bond acceptors (Lipinski definition) is 4. The highest BCUT2D eigenvalue weighted by Gasteiger charge is 2.44. The van der Waals surface area contributed by atoms with Crippen molar-refractivity contribution in [3.8, 4) is 11.5 Å². The van der Waals surface area contributed by atoms with Crippen LogP contribution < -0.4 is 25.4 Å². The Morgan fingerprint density at radius 2 is 1.30 bits per heavy atom. The number of ether oxygens (including phenoxy) is 2. The van der Waals surface area contributed by atoms with Crippen molar-refractivity contribution in [1.82, 2.24) is 0 Å². The maximum Gasteiger partial charge on any atom is 0.311 e. The molecule has 1 heterocycles. The maximum absolute atomic E-state index is 12.4. The van der Waals surface area contributed by atoms with E-state index >= 15 is 0 Å². The molecule has 1 atom stereocenters. The molecule has 0 saturated heterocycles. The van der Waals surface area contributed by atoms with Gasteiger partial charge in [0.05, 0.1) is 19.0 Å². The predicted octanol–water partition coefficient (Wildman–Crippen LogP) is 8.02. The van der Waals surface area contributed by atoms with Crippen LogP contribution in [-0.4, -0.2) is 28.8 Å². The standard InChI is InChI=1S/C40H45O5P/c1-29-30(2)39-35(31(3)38(29)44-37(43)24-23-36(41)42)25-27-40(4,45-39)26-15-8-16-28-46(32-17-9-5-10-18-32,33-19-11-6-12-20-33)34-21-13-7-14-22-34/h5-7,9-14,17-22H,8,15-16,23-28H2,1-4H3/p+1. The second-order valence-electron chi connectivity index (χ2n) is 12.8. The predicted molar refractivity (Wildman–Crippen MR) is 189 cm³/mol. The Hall–Kier alpha value is -3.95. The van der Waals surface area contributed by atoms with Crippen LogP contribution in [0.25, 0.3) is 0 Å². The van der Waals surface area contributed by atoms with E-state index in [2.05, 4.69) is 97.9 Å². The first-order valence-corrected chi connectivity index (χ1v) is 18.4. The highest BCUT2D eigenvalue weighted by molar-refractivity contribution is 7.95. The van der Waals surface area contributed by atoms with Crippen LogP contribution in [0, 0.1) is 20.8 Å². The third kappa shape index (κ3) is 7.21. The molecule has 46 heavy (non-hydrogen) atoms. The molecule has 0 spiro atoms. The zero-order valence-corrected chi connectivity index (χ0v) is 28.4. The van der Waals surface area contributed by atoms with E-state index in [0.717, 1.165) is 72.7 Å². The van der Waals surface area contributed by atoms with Gasteiger partial charge in [-0.25, -0.2) is 0 Å². The Morgan fingerprint density at radius 1 is 0.761 bits per heavy atom. The van der Waals surface area contributed by atoms with Crippen LogP contribution in [0.5, 0.6) is 11.5 Å². The number of unbranched alkanes of at least 4 members (excludes halogenated alkanes) is 2. The minimum absolute atomic E-state index is 0.149. The summed E-state index contributed by atoms with van der Waals surface area (Å²) in [6.45, 7) is 8.17. The van der Waals surface area contributed by atoms with Gasteiger partial charge in [0.1, 0.15) is 40.3 Å². The normalized spacial score (nSPS) is 15.9. The first kappa shape index (κ1) is 33.4. The number of esters is 1. The number of fused-ring (bicyclic) bond motifs is 1. The van der Waals surface area contributed by atoms with Crippen LogP contribution in [0.1, 0.15) is 74.1 Å². The van der Waals surface area contributed by atoms with Gasteiger partial charge in [0.2, 0.25) is 0 Å². The number of rotatable bonds is 13. The fourth-order valence-corrected chi connectivity index (χ4v) is 11.3. The molecular weight excluding hydrogens is 591 g/mol. The number of carboxylic acid groups (broad SMARTS) is 1. The number of carboxylic acids is 1. The van der Waals surface area contributed by atoms with Crippen LogP contribution in [0.4, 0.5) is 0 Å². The molecule has 1 N–H and O–H groups in total. The number of carbonyl (C=O) groups excluding carboxylic acids is 1. The monoisotopic (exact) mass is 637 g/mol. The summed E-state index contributed by atoms with van der Waals surface area (Å²) in [6, 6.07) is 33.3. The summed E-state index contributed by atoms with van der Waals surface area (Å²) in [6.07, 6.45) is 6.80. The Morgan fingerprint density at radius 3 is 1.83 bits per heavy atom. The summed E-state index contributed by atoms with van der Waals surface area (Å²) in [5.41, 5.74) is 3.58. The second kappa shape index (κ2) is 14.6. The lowest BCUT2D eigenvalue weighted by molar-refractivity contribution is -0.142. The lowest BCUT2D eigenvalue weighted by Gasteiger charge is -2.38. The van der Waals surface area contributed by atoms with Crippen molar-refractivity contribution in [3.05, 3.63) is 113 Å². The SMILES string of the molecule is Cc1c(C)c2c(c(C)c1OC(=O)CCC(=O)O)CCC(C)(CCCCC[P+](c1ccccc1)(c1ccccc1)c1ccccc1)O2. The lowest BCUT2D eigenvalue weighted by Crippen LogP contribution is -2.37. The number of hydrogen-bond donors (Lipinski definition) is 1. The molecule has 0 saturated carbocycles. The zero-order valence-electron chi connectivity index (χ0n) is 27.6. The van der Waals surface area contributed by atoms with Gasteiger partial charge in [-0.1, -0.05) is 54.6 Å². The first-order valence-electron chi connectivity index (χ1n) is 16.4. The van der Waals surface area contributed by atoms with Crippen molar-refractivity contribution >= 4 is 35.1 Å². The molecule has 5 nitrogen and oxygen atoms in total. The summed E-state index contributed by atoms with van der Waals surface area (Å²) in [5.74, 6) is -0.0748. The maximum atomic E-state index is 12.4. The third-order valence-corrected chi connectivity index (χ3v) is 14.1. The van der Waals surface area contributed by atoms with Crippen molar-refractivity contribution in [2.45, 2.75) is 84.7 Å². The third-order valence-electron chi connectivity index (χ3n) is 9.61. The molecule has 0 radical (unpaired) electrons. The molecule has 1 aliphatic rings. The quantitative estimate of drug-likeness (QED) is 0.0696. The van der Waals surface area contributed by atoms with Gasteiger partial charge in [-0.15, -0.1) is 0 Å². The van der Waals surface area contributed by atoms with Gasteiger partial charge in [0, 0.05) is 5.56 Å². The topological polar surface area (TPSA) is 72.8 Å². The van der Waals surface area contributed by atoms with E-state index in [4.69, 9.17) is 14.6 Å². The van der Waals surface area contributed by atoms with E-state index in [1.54, 1.807) is 0 Å². The highest BCUT2D eigenvalue weighted by Crippen LogP contribution is 2.56. The molecule has 4 aromatic rings. The summed E-state index contributed by atoms with van der Waals surface area (Å²) in [5, 5.41) is 13.2. The number of benzene rings is 4. The van der Waals surface area contributed by atoms with Crippen molar-refractivity contribution in [2.75, 3.05) is 6.16 Å². The van der Waals surface area contributed by atoms with E-state index in [1.807, 2.05) is 20.8 Å². The van der Waals surface area contributed by atoms with Crippen LogP contribution >= 0.6 is 7.26 Å². The average Bonchev–Trinajstić information content (AvgIpc) is 3.07. The Bertz CT molecular complexity index is 1560. The van der Waals surface area contributed by atoms with Gasteiger partial charge < -0.3 is 14.6 Å². The van der Waals surface area contributed by atoms with Crippen LogP contribution in [0.15, 0.2) is 91.0 Å². The molecule has 0 bridgehead atoms. The summed E-state index contributed by atoms with van der Waals surface area (Å²) in [4.78, 5) is 23.3. The number of carbonyl (C=O) groups is 2. The smallest absolute Gasteiger partial charge is 0.311 e. The molecule has 0 fully saturated rings. The van der Waals surface area contributed by atoms with Crippen LogP contribution in [0.2, 0.25) is 0 Å². The van der Waals surface area contributed by atoms with Gasteiger partial charge in [-0.3, -0.25) is 9.59 Å². The molecule has 4 aromatic carbocycles. The average molecular weight is 638 g/mol. The molecular formula is C40H46O5P+. The molecule has 240 valence electrons. The molecule has 6 heteroatoms. The van der Waals surface area contributed by atoms with Crippen molar-refractivity contribution in [2.24, 2.45) is 0 Å². The highest BCUT2D eigenvalue weighted by atomic mass is 31.2. The van der Waals surface area contributed by atoms with Gasteiger partial charge in [-0.05, 0) is 119 Å². The molecule has 0 aliphatic carbocycles. The summed E-state index contributed by atoms with van der Waals surface area (Å²) >= 11 is 0. The first-order chi connectivity index (χ1) is 22.1. The fraction of sp³-hybridized carbons (Fsp3) is 0.350. The van der Waals surface area contributed by atoms with Crippen LogP contribution in [-0.2, 0) is 16.0 Å². The second-order valence-corrected chi connectivity index (χ2v) is 16.4. The summed E-state index contributed by atoms with van der Waals surface area (Å²) in [7, 11) is -1.82. The number of aliphatic carboxylic acids is 1. The minimum atomic E-state index is -1.82. The van der Waals surface area contributed by atoms with E-state index in [0.29, 0.717) is 5.75 Å². The Labute approximate surface area is 274 Å². The van der Waals surface area contributed by atoms with E-state index in [9.17, 15) is 9.59 Å². The Kier molecular flexibility index (Phi) is 10.6. The van der Waals surface area contributed by atoms with Gasteiger partial charge in [0.15, 0.2) is 0 Å². The molecule has 0 aromatic heterocycles. The van der Waals surface area contributed by atoms with Crippen molar-refractivity contribution in [1.29, 1.82) is 0 Å². The van der Waals surface area contributed by atoms with E-state index in [1.165, 1.54) is 15.9 Å². The van der Waals surface area contributed by atoms with Crippen LogP contribution in [0.3, 0.4) is 0 Å². The molecule has 1 aliphatic heterocycles. The van der Waals surface area contributed by atoms with Crippen molar-refractivity contribution in [3.63, 3.8) is 0 Å². The van der Waals surface area contributed by atoms with Gasteiger partial charge in [0.25, 0.3) is 0 Å². The van der Waals surface area contributed by atoms with Crippen molar-refractivity contribution < 1.29 is 24.2 Å². The lowest BCUT2D eigenvalue weighted by atomic mass is 9.84. The van der Waals surface area contributed by atoms with Gasteiger partial charge in [-0.2, -0.15) is 0 Å². The largest absolute Gasteiger partial charge is 0.487 e. The van der Waals surface area contributed by atoms with Gasteiger partial charge >= 0.3 is 11.9 Å². The zero-order chi connectivity index (χ0) is 32.7. The fourth-order valence-electron chi connectivity index (χ4n) is 6.89. The van der Waals surface area contributed by atoms with E-state index < -0.39 is 19.2 Å². The molecule has 0 amide bonds.